The number of ether oxygens (including phenoxy) is 2. The second-order valence-corrected chi connectivity index (χ2v) is 9.97. The van der Waals surface area contributed by atoms with Crippen LogP contribution >= 0.6 is 7.75 Å². The van der Waals surface area contributed by atoms with Crippen LogP contribution in [0.5, 0.6) is 5.75 Å². The van der Waals surface area contributed by atoms with E-state index in [9.17, 15) is 28.0 Å². The molecule has 2 aromatic rings. The molecule has 2 aliphatic heterocycles. The lowest BCUT2D eigenvalue weighted by Crippen LogP contribution is -2.40. The Hall–Kier alpha value is -2.90. The Morgan fingerprint density at radius 3 is 2.75 bits per heavy atom. The smallest absolute Gasteiger partial charge is 0.459 e. The third kappa shape index (κ3) is 5.73. The number of anilines is 1. The number of nitrogen functional groups attached to an aromatic ring is 1. The van der Waals surface area contributed by atoms with Gasteiger partial charge in [-0.3, -0.25) is 14.3 Å². The zero-order chi connectivity index (χ0) is 25.9. The zero-order valence-corrected chi connectivity index (χ0v) is 19.7. The number of benzene rings is 1. The zero-order valence-electron chi connectivity index (χ0n) is 18.8. The number of esters is 1. The lowest BCUT2D eigenvalue weighted by molar-refractivity contribution is -0.144. The van der Waals surface area contributed by atoms with E-state index in [4.69, 9.17) is 24.3 Å². The summed E-state index contributed by atoms with van der Waals surface area (Å²) in [6, 6.07) is 6.85. The molecule has 2 fully saturated rings. The molecule has 5 N–H and O–H groups in total. The normalized spacial score (nSPS) is 27.6. The van der Waals surface area contributed by atoms with Gasteiger partial charge in [0.05, 0.1) is 13.2 Å². The van der Waals surface area contributed by atoms with Gasteiger partial charge in [0.25, 0.3) is 0 Å². The van der Waals surface area contributed by atoms with Crippen LogP contribution in [0.3, 0.4) is 0 Å². The Bertz CT molecular complexity index is 1180. The topological polar surface area (TPSA) is 175 Å². The number of hydrogen-bond acceptors (Lipinski definition) is 10. The maximum Gasteiger partial charge on any atom is 0.459 e. The van der Waals surface area contributed by atoms with Crippen molar-refractivity contribution in [2.24, 2.45) is 0 Å². The summed E-state index contributed by atoms with van der Waals surface area (Å²) >= 11 is 0. The van der Waals surface area contributed by atoms with Crippen LogP contribution < -0.4 is 21.0 Å². The molecule has 0 aliphatic carbocycles. The highest BCUT2D eigenvalue weighted by atomic mass is 31.2. The summed E-state index contributed by atoms with van der Waals surface area (Å²) in [6.45, 7) is -0.591. The second-order valence-electron chi connectivity index (χ2n) is 8.27. The molecule has 0 saturated carbocycles. The molecule has 3 heterocycles. The minimum Gasteiger partial charge on any atom is -0.465 e. The summed E-state index contributed by atoms with van der Waals surface area (Å²) in [4.78, 5) is 29.0. The number of halogens is 2. The summed E-state index contributed by atoms with van der Waals surface area (Å²) in [5, 5.41) is 12.8. The fourth-order valence-corrected chi connectivity index (χ4v) is 5.35. The molecular formula is C21H25F2N4O8P. The number of hydrogen-bond donors (Lipinski definition) is 4. The molecule has 0 radical (unpaired) electrons. The maximum atomic E-state index is 14.9. The summed E-state index contributed by atoms with van der Waals surface area (Å²) < 4.78 is 64.6. The molecule has 196 valence electrons. The fraction of sp³-hybridized carbons (Fsp3) is 0.476. The molecule has 15 heteroatoms. The van der Waals surface area contributed by atoms with E-state index in [0.717, 1.165) is 6.20 Å². The molecular weight excluding hydrogens is 505 g/mol. The first-order valence-corrected chi connectivity index (χ1v) is 12.6. The van der Waals surface area contributed by atoms with Gasteiger partial charge in [-0.15, -0.1) is 0 Å². The molecule has 2 unspecified atom stereocenters. The third-order valence-corrected chi connectivity index (χ3v) is 7.24. The van der Waals surface area contributed by atoms with Crippen molar-refractivity contribution < 1.29 is 41.8 Å². The van der Waals surface area contributed by atoms with Crippen molar-refractivity contribution >= 4 is 19.5 Å². The van der Waals surface area contributed by atoms with E-state index >= 15 is 0 Å². The van der Waals surface area contributed by atoms with Crippen molar-refractivity contribution in [3.8, 4) is 5.75 Å². The average Bonchev–Trinajstić information content (AvgIpc) is 2.94. The van der Waals surface area contributed by atoms with Gasteiger partial charge in [-0.2, -0.15) is 5.09 Å². The van der Waals surface area contributed by atoms with Crippen LogP contribution in [0.1, 0.15) is 30.9 Å². The number of aliphatic hydroxyl groups excluding tert-OH is 1. The van der Waals surface area contributed by atoms with Crippen molar-refractivity contribution in [2.75, 3.05) is 18.9 Å². The van der Waals surface area contributed by atoms with E-state index in [1.807, 2.05) is 0 Å². The number of carbonyl (C=O) groups is 1. The van der Waals surface area contributed by atoms with Gasteiger partial charge >= 0.3 is 25.3 Å². The highest BCUT2D eigenvalue weighted by Crippen LogP contribution is 2.50. The molecule has 1 aromatic heterocycles. The molecule has 1 aromatic carbocycles. The number of rotatable bonds is 8. The van der Waals surface area contributed by atoms with Gasteiger partial charge in [0.1, 0.15) is 29.8 Å². The highest BCUT2D eigenvalue weighted by molar-refractivity contribution is 7.52. The predicted molar refractivity (Wildman–Crippen MR) is 120 cm³/mol. The summed E-state index contributed by atoms with van der Waals surface area (Å²) in [5.41, 5.74) is 4.44. The standard InChI is InChI=1S/C21H25F2N4O8P/c22-21(23)16(28)15(34-17(21)13-10-25-20(30)26-18(13)24)11-33-36(31,35-12-6-2-1-3-7-12)27-14-8-4-5-9-32-19(14)29/h1-3,6-7,10,14-17,28H,4-5,8-9,11H2,(H,27,31)(H3,24,25,26,30)/t14?,15-,16-,17-,36?/m1/s1. The lowest BCUT2D eigenvalue weighted by Gasteiger charge is -2.25. The fourth-order valence-electron chi connectivity index (χ4n) is 3.81. The van der Waals surface area contributed by atoms with Gasteiger partial charge in [0.15, 0.2) is 6.10 Å². The van der Waals surface area contributed by atoms with E-state index in [1.165, 1.54) is 12.1 Å². The molecule has 2 saturated heterocycles. The van der Waals surface area contributed by atoms with Crippen molar-refractivity contribution in [3.63, 3.8) is 0 Å². The Balaban J connectivity index is 1.53. The number of alkyl halides is 2. The summed E-state index contributed by atoms with van der Waals surface area (Å²) in [6.07, 6.45) is -3.80. The van der Waals surface area contributed by atoms with Gasteiger partial charge in [0.2, 0.25) is 0 Å². The van der Waals surface area contributed by atoms with E-state index in [-0.39, 0.29) is 24.3 Å². The average molecular weight is 530 g/mol. The molecule has 12 nitrogen and oxygen atoms in total. The van der Waals surface area contributed by atoms with Gasteiger partial charge in [0, 0.05) is 11.8 Å². The number of nitrogens with zero attached hydrogens (tertiary/aromatic N) is 1. The van der Waals surface area contributed by atoms with Crippen LogP contribution in [0, 0.1) is 0 Å². The molecule has 2 aliphatic rings. The Kier molecular flexibility index (Phi) is 7.71. The minimum absolute atomic E-state index is 0.124. The number of aromatic amines is 1. The largest absolute Gasteiger partial charge is 0.465 e. The molecule has 4 rings (SSSR count). The molecule has 0 spiro atoms. The SMILES string of the molecule is Nc1[nH]c(=O)ncc1[C@H]1O[C@H](COP(=O)(NC2CCCCOC2=O)Oc2ccccc2)[C@@H](O)C1(F)F. The first-order valence-electron chi connectivity index (χ1n) is 11.1. The first kappa shape index (κ1) is 26.2. The molecule has 0 bridgehead atoms. The van der Waals surface area contributed by atoms with Crippen LogP contribution in [0.15, 0.2) is 41.3 Å². The van der Waals surface area contributed by atoms with Crippen LogP contribution in [-0.2, 0) is 23.4 Å². The number of H-pyrrole nitrogens is 1. The van der Waals surface area contributed by atoms with Crippen LogP contribution in [-0.4, -0.2) is 58.4 Å². The second kappa shape index (κ2) is 10.6. The van der Waals surface area contributed by atoms with Crippen molar-refractivity contribution in [2.45, 2.75) is 49.5 Å². The number of aliphatic hydroxyl groups is 1. The van der Waals surface area contributed by atoms with Gasteiger partial charge in [-0.05, 0) is 31.4 Å². The lowest BCUT2D eigenvalue weighted by atomic mass is 10.0. The quantitative estimate of drug-likeness (QED) is 0.289. The van der Waals surface area contributed by atoms with E-state index in [0.29, 0.717) is 12.8 Å². The molecule has 36 heavy (non-hydrogen) atoms. The number of nitrogens with two attached hydrogens (primary N) is 1. The van der Waals surface area contributed by atoms with Gasteiger partial charge in [-0.1, -0.05) is 18.2 Å². The Labute approximate surface area is 203 Å². The third-order valence-electron chi connectivity index (χ3n) is 5.67. The highest BCUT2D eigenvalue weighted by Gasteiger charge is 2.60. The van der Waals surface area contributed by atoms with Crippen LogP contribution in [0.2, 0.25) is 0 Å². The van der Waals surface area contributed by atoms with Crippen molar-refractivity contribution in [1.82, 2.24) is 15.1 Å². The number of para-hydroxylation sites is 1. The Morgan fingerprint density at radius 1 is 1.28 bits per heavy atom. The van der Waals surface area contributed by atoms with Crippen LogP contribution in [0.25, 0.3) is 0 Å². The summed E-state index contributed by atoms with van der Waals surface area (Å²) in [5.74, 6) is -4.79. The number of carbonyl (C=O) groups excluding carboxylic acids is 1. The molecule has 0 amide bonds. The first-order chi connectivity index (χ1) is 17.1. The van der Waals surface area contributed by atoms with Crippen molar-refractivity contribution in [3.05, 3.63) is 52.6 Å². The minimum atomic E-state index is -4.37. The van der Waals surface area contributed by atoms with Gasteiger partial charge in [-0.25, -0.2) is 23.1 Å². The number of nitrogens with one attached hydrogen (secondary N) is 2. The van der Waals surface area contributed by atoms with E-state index in [1.54, 1.807) is 18.2 Å². The Morgan fingerprint density at radius 2 is 2.03 bits per heavy atom. The molecule has 5 atom stereocenters. The van der Waals surface area contributed by atoms with E-state index < -0.39 is 62.1 Å². The monoisotopic (exact) mass is 530 g/mol. The maximum absolute atomic E-state index is 14.9. The van der Waals surface area contributed by atoms with E-state index in [2.05, 4.69) is 15.1 Å². The number of aromatic nitrogens is 2. The predicted octanol–water partition coefficient (Wildman–Crippen LogP) is 1.68. The van der Waals surface area contributed by atoms with Gasteiger partial charge < -0.3 is 24.8 Å². The van der Waals surface area contributed by atoms with Crippen molar-refractivity contribution in [1.29, 1.82) is 0 Å². The summed E-state index contributed by atoms with van der Waals surface area (Å²) in [7, 11) is -4.37. The number of cyclic esters (lactones) is 1. The van der Waals surface area contributed by atoms with Crippen LogP contribution in [0.4, 0.5) is 14.6 Å².